The largest absolute Gasteiger partial charge is 0.466 e. The highest BCUT2D eigenvalue weighted by molar-refractivity contribution is 5.75. The van der Waals surface area contributed by atoms with Gasteiger partial charge in [0.05, 0.1) is 6.61 Å². The minimum absolute atomic E-state index is 0.229. The van der Waals surface area contributed by atoms with Crippen molar-refractivity contribution in [2.75, 3.05) is 6.61 Å². The standard InChI is InChI=1S/C11H21NO3/c1-2-3-4-5-9-15-11(14)8-6-7-10(12)13/h2-9H2,1H3,(H2,12,13). The van der Waals surface area contributed by atoms with Crippen LogP contribution in [0.4, 0.5) is 0 Å². The van der Waals surface area contributed by atoms with E-state index in [0.717, 1.165) is 12.8 Å². The van der Waals surface area contributed by atoms with Gasteiger partial charge in [-0.2, -0.15) is 0 Å². The maximum atomic E-state index is 11.1. The van der Waals surface area contributed by atoms with Crippen molar-refractivity contribution in [1.29, 1.82) is 0 Å². The third-order valence-electron chi connectivity index (χ3n) is 2.07. The van der Waals surface area contributed by atoms with E-state index in [0.29, 0.717) is 13.0 Å². The lowest BCUT2D eigenvalue weighted by Gasteiger charge is -2.03. The summed E-state index contributed by atoms with van der Waals surface area (Å²) in [5.74, 6) is -0.599. The number of hydrogen-bond donors (Lipinski definition) is 1. The van der Waals surface area contributed by atoms with E-state index in [-0.39, 0.29) is 24.7 Å². The van der Waals surface area contributed by atoms with Crippen molar-refractivity contribution in [3.8, 4) is 0 Å². The monoisotopic (exact) mass is 215 g/mol. The molecule has 0 aromatic rings. The second kappa shape index (κ2) is 9.49. The van der Waals surface area contributed by atoms with Crippen LogP contribution in [0.15, 0.2) is 0 Å². The predicted octanol–water partition coefficient (Wildman–Crippen LogP) is 1.77. The average molecular weight is 215 g/mol. The summed E-state index contributed by atoms with van der Waals surface area (Å²) in [6.07, 6.45) is 5.41. The van der Waals surface area contributed by atoms with Crippen molar-refractivity contribution in [2.24, 2.45) is 5.73 Å². The number of rotatable bonds is 9. The molecule has 4 heteroatoms. The van der Waals surface area contributed by atoms with Crippen molar-refractivity contribution in [2.45, 2.75) is 51.9 Å². The van der Waals surface area contributed by atoms with Crippen molar-refractivity contribution in [3.05, 3.63) is 0 Å². The first kappa shape index (κ1) is 13.9. The molecular weight excluding hydrogens is 194 g/mol. The van der Waals surface area contributed by atoms with Crippen LogP contribution in [0.2, 0.25) is 0 Å². The molecule has 1 amide bonds. The minimum Gasteiger partial charge on any atom is -0.466 e. The number of primary amides is 1. The van der Waals surface area contributed by atoms with Crippen LogP contribution in [0.5, 0.6) is 0 Å². The van der Waals surface area contributed by atoms with Gasteiger partial charge in [-0.25, -0.2) is 0 Å². The first-order valence-corrected chi connectivity index (χ1v) is 5.60. The zero-order valence-corrected chi connectivity index (χ0v) is 9.46. The van der Waals surface area contributed by atoms with E-state index in [9.17, 15) is 9.59 Å². The van der Waals surface area contributed by atoms with E-state index in [1.54, 1.807) is 0 Å². The highest BCUT2D eigenvalue weighted by Crippen LogP contribution is 2.01. The molecule has 0 atom stereocenters. The minimum atomic E-state index is -0.370. The SMILES string of the molecule is CCCCCCOC(=O)CCCC(N)=O. The fourth-order valence-electron chi connectivity index (χ4n) is 1.19. The van der Waals surface area contributed by atoms with Crippen molar-refractivity contribution < 1.29 is 14.3 Å². The molecule has 0 aliphatic heterocycles. The number of carbonyl (C=O) groups excluding carboxylic acids is 2. The lowest BCUT2D eigenvalue weighted by molar-refractivity contribution is -0.143. The molecule has 0 heterocycles. The fraction of sp³-hybridized carbons (Fsp3) is 0.818. The number of amides is 1. The van der Waals surface area contributed by atoms with Gasteiger partial charge in [-0.3, -0.25) is 9.59 Å². The van der Waals surface area contributed by atoms with Gasteiger partial charge in [0, 0.05) is 12.8 Å². The van der Waals surface area contributed by atoms with E-state index in [1.165, 1.54) is 12.8 Å². The van der Waals surface area contributed by atoms with Gasteiger partial charge in [0.25, 0.3) is 0 Å². The van der Waals surface area contributed by atoms with Crippen LogP contribution in [-0.2, 0) is 14.3 Å². The molecule has 0 aliphatic carbocycles. The Morgan fingerprint density at radius 1 is 1.07 bits per heavy atom. The second-order valence-electron chi connectivity index (χ2n) is 3.60. The summed E-state index contributed by atoms with van der Waals surface area (Å²) in [7, 11) is 0. The first-order chi connectivity index (χ1) is 7.16. The molecule has 0 rings (SSSR count). The number of unbranched alkanes of at least 4 members (excludes halogenated alkanes) is 3. The van der Waals surface area contributed by atoms with Crippen molar-refractivity contribution >= 4 is 11.9 Å². The summed E-state index contributed by atoms with van der Waals surface area (Å²) < 4.78 is 4.98. The molecule has 0 bridgehead atoms. The Bertz CT molecular complexity index is 192. The van der Waals surface area contributed by atoms with Crippen molar-refractivity contribution in [3.63, 3.8) is 0 Å². The van der Waals surface area contributed by atoms with Gasteiger partial charge in [-0.1, -0.05) is 26.2 Å². The van der Waals surface area contributed by atoms with Gasteiger partial charge < -0.3 is 10.5 Å². The molecule has 0 saturated carbocycles. The number of nitrogens with two attached hydrogens (primary N) is 1. The Morgan fingerprint density at radius 2 is 1.80 bits per heavy atom. The molecule has 0 aliphatic rings. The molecule has 2 N–H and O–H groups in total. The van der Waals surface area contributed by atoms with Gasteiger partial charge >= 0.3 is 5.97 Å². The van der Waals surface area contributed by atoms with Crippen LogP contribution >= 0.6 is 0 Å². The third-order valence-corrected chi connectivity index (χ3v) is 2.07. The Hall–Kier alpha value is -1.06. The van der Waals surface area contributed by atoms with E-state index in [2.05, 4.69) is 6.92 Å². The van der Waals surface area contributed by atoms with Gasteiger partial charge in [0.2, 0.25) is 5.91 Å². The molecule has 0 aromatic carbocycles. The molecule has 0 unspecified atom stereocenters. The quantitative estimate of drug-likeness (QED) is 0.470. The summed E-state index contributed by atoms with van der Waals surface area (Å²) in [5, 5.41) is 0. The Labute approximate surface area is 91.2 Å². The smallest absolute Gasteiger partial charge is 0.305 e. The second-order valence-corrected chi connectivity index (χ2v) is 3.60. The number of esters is 1. The zero-order valence-electron chi connectivity index (χ0n) is 9.46. The number of carbonyl (C=O) groups is 2. The molecule has 0 radical (unpaired) electrons. The summed E-state index contributed by atoms with van der Waals surface area (Å²) in [6.45, 7) is 2.63. The van der Waals surface area contributed by atoms with Gasteiger partial charge in [-0.15, -0.1) is 0 Å². The Kier molecular flexibility index (Phi) is 8.82. The summed E-state index contributed by atoms with van der Waals surface area (Å²) >= 11 is 0. The van der Waals surface area contributed by atoms with Gasteiger partial charge in [-0.05, 0) is 12.8 Å². The third kappa shape index (κ3) is 10.9. The predicted molar refractivity (Wildman–Crippen MR) is 58.1 cm³/mol. The first-order valence-electron chi connectivity index (χ1n) is 5.60. The molecule has 0 spiro atoms. The zero-order chi connectivity index (χ0) is 11.5. The fourth-order valence-corrected chi connectivity index (χ4v) is 1.19. The van der Waals surface area contributed by atoms with E-state index >= 15 is 0 Å². The van der Waals surface area contributed by atoms with Gasteiger partial charge in [0.15, 0.2) is 0 Å². The highest BCUT2D eigenvalue weighted by atomic mass is 16.5. The maximum Gasteiger partial charge on any atom is 0.305 e. The van der Waals surface area contributed by atoms with E-state index in [4.69, 9.17) is 10.5 Å². The molecule has 88 valence electrons. The van der Waals surface area contributed by atoms with Crippen LogP contribution in [0.1, 0.15) is 51.9 Å². The van der Waals surface area contributed by atoms with E-state index in [1.807, 2.05) is 0 Å². The molecule has 0 aromatic heterocycles. The topological polar surface area (TPSA) is 69.4 Å². The number of hydrogen-bond acceptors (Lipinski definition) is 3. The highest BCUT2D eigenvalue weighted by Gasteiger charge is 2.03. The van der Waals surface area contributed by atoms with Crippen LogP contribution in [0.25, 0.3) is 0 Å². The molecule has 15 heavy (non-hydrogen) atoms. The van der Waals surface area contributed by atoms with E-state index < -0.39 is 0 Å². The lowest BCUT2D eigenvalue weighted by atomic mass is 10.2. The Morgan fingerprint density at radius 3 is 2.40 bits per heavy atom. The van der Waals surface area contributed by atoms with Gasteiger partial charge in [0.1, 0.15) is 0 Å². The normalized spacial score (nSPS) is 9.93. The van der Waals surface area contributed by atoms with Crippen LogP contribution in [0, 0.1) is 0 Å². The van der Waals surface area contributed by atoms with Crippen LogP contribution < -0.4 is 5.73 Å². The summed E-state index contributed by atoms with van der Waals surface area (Å²) in [4.78, 5) is 21.5. The van der Waals surface area contributed by atoms with Crippen LogP contribution in [-0.4, -0.2) is 18.5 Å². The maximum absolute atomic E-state index is 11.1. The molecule has 0 fully saturated rings. The lowest BCUT2D eigenvalue weighted by Crippen LogP contribution is -2.12. The summed E-state index contributed by atoms with van der Waals surface area (Å²) in [6, 6.07) is 0. The number of ether oxygens (including phenoxy) is 1. The van der Waals surface area contributed by atoms with Crippen molar-refractivity contribution in [1.82, 2.24) is 0 Å². The van der Waals surface area contributed by atoms with Crippen LogP contribution in [0.3, 0.4) is 0 Å². The summed E-state index contributed by atoms with van der Waals surface area (Å²) in [5.41, 5.74) is 4.94. The Balaban J connectivity index is 3.22. The molecule has 0 saturated heterocycles. The molecular formula is C11H21NO3. The average Bonchev–Trinajstić information content (AvgIpc) is 2.17. The molecule has 4 nitrogen and oxygen atoms in total.